The van der Waals surface area contributed by atoms with Gasteiger partial charge in [-0.15, -0.1) is 0 Å². The summed E-state index contributed by atoms with van der Waals surface area (Å²) in [6.07, 6.45) is 11.1. The van der Waals surface area contributed by atoms with Gasteiger partial charge in [0, 0.05) is 39.0 Å². The molecule has 0 aromatic heterocycles. The Labute approximate surface area is 188 Å². The lowest BCUT2D eigenvalue weighted by atomic mass is 10.0. The molecule has 0 aliphatic carbocycles. The van der Waals surface area contributed by atoms with Gasteiger partial charge in [-0.3, -0.25) is 19.2 Å². The molecule has 0 atom stereocenters. The first kappa shape index (κ1) is 25.3. The van der Waals surface area contributed by atoms with Crippen molar-refractivity contribution in [2.45, 2.75) is 77.0 Å². The molecule has 0 N–H and O–H groups in total. The summed E-state index contributed by atoms with van der Waals surface area (Å²) in [5.41, 5.74) is 16.9. The molecule has 0 unspecified atom stereocenters. The van der Waals surface area contributed by atoms with Crippen LogP contribution < -0.4 is 0 Å². The molecule has 0 radical (unpaired) electrons. The monoisotopic (exact) mass is 444 g/mol. The number of likely N-dealkylation sites (tertiary alicyclic amines) is 2. The highest BCUT2D eigenvalue weighted by molar-refractivity contribution is 6.64. The molecular formula is C22H32N6O4. The maximum Gasteiger partial charge on any atom is 0.421 e. The van der Waals surface area contributed by atoms with Gasteiger partial charge < -0.3 is 20.9 Å². The molecule has 0 saturated carbocycles. The normalized spacial score (nSPS) is 17.1. The zero-order chi connectivity index (χ0) is 23.3. The molecule has 0 bridgehead atoms. The lowest BCUT2D eigenvalue weighted by Crippen LogP contribution is -2.47. The van der Waals surface area contributed by atoms with E-state index < -0.39 is 23.4 Å². The lowest BCUT2D eigenvalue weighted by molar-refractivity contribution is -0.136. The van der Waals surface area contributed by atoms with Crippen LogP contribution in [0.25, 0.3) is 11.1 Å². The van der Waals surface area contributed by atoms with Crippen molar-refractivity contribution in [1.82, 2.24) is 9.80 Å². The van der Waals surface area contributed by atoms with Crippen molar-refractivity contribution in [3.63, 3.8) is 0 Å². The Morgan fingerprint density at radius 3 is 1.19 bits per heavy atom. The largest absolute Gasteiger partial charge is 0.421 e. The molecule has 2 aliphatic rings. The summed E-state index contributed by atoms with van der Waals surface area (Å²) in [5.74, 6) is -1.72. The highest BCUT2D eigenvalue weighted by Crippen LogP contribution is 2.13. The number of nitrogens with zero attached hydrogens (tertiary/aromatic N) is 6. The van der Waals surface area contributed by atoms with E-state index in [1.165, 1.54) is 12.8 Å². The van der Waals surface area contributed by atoms with Gasteiger partial charge in [-0.2, -0.15) is 9.58 Å². The molecule has 2 heterocycles. The highest BCUT2D eigenvalue weighted by atomic mass is 16.2. The number of ketones is 2. The van der Waals surface area contributed by atoms with Crippen molar-refractivity contribution in [3.05, 3.63) is 11.1 Å². The molecule has 0 spiro atoms. The molecule has 2 fully saturated rings. The summed E-state index contributed by atoms with van der Waals surface area (Å²) in [7, 11) is 0. The number of hydrogen-bond acceptors (Lipinski definition) is 4. The van der Waals surface area contributed by atoms with Crippen LogP contribution in [0.5, 0.6) is 0 Å². The molecule has 10 nitrogen and oxygen atoms in total. The van der Waals surface area contributed by atoms with Gasteiger partial charge in [0.2, 0.25) is 0 Å². The lowest BCUT2D eigenvalue weighted by Gasteiger charge is -2.23. The zero-order valence-electron chi connectivity index (χ0n) is 18.6. The predicted molar refractivity (Wildman–Crippen MR) is 116 cm³/mol. The van der Waals surface area contributed by atoms with E-state index in [0.717, 1.165) is 51.4 Å². The zero-order valence-corrected chi connectivity index (χ0v) is 18.6. The van der Waals surface area contributed by atoms with Gasteiger partial charge in [0.25, 0.3) is 11.6 Å². The van der Waals surface area contributed by atoms with Gasteiger partial charge in [-0.05, 0) is 12.8 Å². The predicted octanol–water partition coefficient (Wildman–Crippen LogP) is 1.83. The third kappa shape index (κ3) is 7.32. The van der Waals surface area contributed by atoms with Gasteiger partial charge in [-0.25, -0.2) is 0 Å². The van der Waals surface area contributed by atoms with Crippen molar-refractivity contribution in [2.75, 3.05) is 26.2 Å². The van der Waals surface area contributed by atoms with Gasteiger partial charge >= 0.3 is 23.2 Å². The summed E-state index contributed by atoms with van der Waals surface area (Å²) in [6, 6.07) is 0. The Morgan fingerprint density at radius 2 is 0.875 bits per heavy atom. The van der Waals surface area contributed by atoms with Crippen LogP contribution in [0.4, 0.5) is 0 Å². The van der Waals surface area contributed by atoms with Crippen LogP contribution in [0, 0.1) is 0 Å². The van der Waals surface area contributed by atoms with Crippen molar-refractivity contribution >= 4 is 34.8 Å². The third-order valence-electron chi connectivity index (χ3n) is 6.03. The Kier molecular flexibility index (Phi) is 10.6. The number of rotatable bonds is 13. The number of piperidine rings is 2. The standard InChI is InChI=1S/C22H32N6O4/c23-25-19-17(29)11-15-27(21(19)31)13-9-7-5-3-1-2-4-6-8-10-14-28-16-12-18(30)20(26-24)22(28)32/h1-16H2. The Balaban J connectivity index is 1.43. The summed E-state index contributed by atoms with van der Waals surface area (Å²) in [5, 5.41) is 0. The molecule has 174 valence electrons. The van der Waals surface area contributed by atoms with Crippen molar-refractivity contribution in [3.8, 4) is 0 Å². The van der Waals surface area contributed by atoms with E-state index in [9.17, 15) is 19.2 Å². The molecular weight excluding hydrogens is 412 g/mol. The fourth-order valence-corrected chi connectivity index (χ4v) is 4.09. The second kappa shape index (κ2) is 13.5. The number of hydrogen-bond donors (Lipinski definition) is 0. The molecule has 2 rings (SSSR count). The van der Waals surface area contributed by atoms with Crippen LogP contribution in [-0.4, -0.2) is 80.4 Å². The van der Waals surface area contributed by atoms with Crippen LogP contribution in [0.3, 0.4) is 0 Å². The van der Waals surface area contributed by atoms with Crippen molar-refractivity contribution in [1.29, 1.82) is 0 Å². The van der Waals surface area contributed by atoms with Crippen LogP contribution in [0.1, 0.15) is 77.0 Å². The van der Waals surface area contributed by atoms with E-state index in [2.05, 4.69) is 9.58 Å². The topological polar surface area (TPSA) is 148 Å². The van der Waals surface area contributed by atoms with Crippen molar-refractivity contribution in [2.24, 2.45) is 0 Å². The minimum absolute atomic E-state index is 0.219. The maximum absolute atomic E-state index is 12.0. The van der Waals surface area contributed by atoms with E-state index in [0.29, 0.717) is 26.2 Å². The second-order valence-electron chi connectivity index (χ2n) is 8.36. The number of carbonyl (C=O) groups is 4. The first-order chi connectivity index (χ1) is 15.5. The van der Waals surface area contributed by atoms with E-state index in [-0.39, 0.29) is 24.3 Å². The van der Waals surface area contributed by atoms with Gasteiger partial charge in [0.05, 0.1) is 0 Å². The number of Topliss-reactive ketones (excluding diaryl/α,β-unsaturated/α-hetero) is 2. The number of amides is 2. The quantitative estimate of drug-likeness (QED) is 0.242. The molecule has 2 amide bonds. The Morgan fingerprint density at radius 1 is 0.562 bits per heavy atom. The molecule has 2 aliphatic heterocycles. The SMILES string of the molecule is [N-]=[N+]=C1C(=O)CCN(CCCCCCCCCCCCN2CCC(=O)C(=[N+]=[N-])C2=O)C1=O. The molecule has 32 heavy (non-hydrogen) atoms. The van der Waals surface area contributed by atoms with Gasteiger partial charge in [-0.1, -0.05) is 51.4 Å². The van der Waals surface area contributed by atoms with Crippen LogP contribution in [-0.2, 0) is 19.2 Å². The number of carbonyl (C=O) groups excluding carboxylic acids is 4. The smallest absolute Gasteiger partial charge is 0.360 e. The molecule has 0 aromatic rings. The summed E-state index contributed by atoms with van der Waals surface area (Å²) < 4.78 is 0. The van der Waals surface area contributed by atoms with E-state index >= 15 is 0 Å². The molecule has 0 aromatic carbocycles. The first-order valence-corrected chi connectivity index (χ1v) is 11.6. The highest BCUT2D eigenvalue weighted by Gasteiger charge is 2.38. The van der Waals surface area contributed by atoms with Gasteiger partial charge in [0.15, 0.2) is 0 Å². The van der Waals surface area contributed by atoms with Crippen LogP contribution >= 0.6 is 0 Å². The van der Waals surface area contributed by atoms with E-state index in [1.54, 1.807) is 9.80 Å². The van der Waals surface area contributed by atoms with E-state index in [1.807, 2.05) is 0 Å². The average Bonchev–Trinajstić information content (AvgIpc) is 2.78. The van der Waals surface area contributed by atoms with Crippen molar-refractivity contribution < 1.29 is 28.8 Å². The fraction of sp³-hybridized carbons (Fsp3) is 0.727. The summed E-state index contributed by atoms with van der Waals surface area (Å²) in [6.45, 7) is 1.97. The number of unbranched alkanes of at least 4 members (excludes halogenated alkanes) is 9. The molecule has 10 heteroatoms. The summed E-state index contributed by atoms with van der Waals surface area (Å²) in [4.78, 5) is 55.8. The van der Waals surface area contributed by atoms with Crippen LogP contribution in [0.15, 0.2) is 0 Å². The Hall–Kier alpha value is -2.96. The first-order valence-electron chi connectivity index (χ1n) is 11.6. The fourth-order valence-electron chi connectivity index (χ4n) is 4.09. The second-order valence-corrected chi connectivity index (χ2v) is 8.36. The minimum Gasteiger partial charge on any atom is -0.360 e. The minimum atomic E-state index is -0.469. The van der Waals surface area contributed by atoms with Gasteiger partial charge in [0.1, 0.15) is 0 Å². The average molecular weight is 445 g/mol. The molecule has 2 saturated heterocycles. The van der Waals surface area contributed by atoms with E-state index in [4.69, 9.17) is 11.1 Å². The summed E-state index contributed by atoms with van der Waals surface area (Å²) >= 11 is 0. The third-order valence-corrected chi connectivity index (χ3v) is 6.03. The van der Waals surface area contributed by atoms with Crippen LogP contribution in [0.2, 0.25) is 0 Å². The Bertz CT molecular complexity index is 758. The maximum atomic E-state index is 12.0.